The van der Waals surface area contributed by atoms with E-state index >= 15 is 0 Å². The Labute approximate surface area is 175 Å². The minimum absolute atomic E-state index is 0.00831. The average Bonchev–Trinajstić information content (AvgIpc) is 2.72. The number of carbonyl (C=O) groups is 1. The molecule has 2 fully saturated rings. The van der Waals surface area contributed by atoms with Crippen molar-refractivity contribution >= 4 is 15.9 Å². The van der Waals surface area contributed by atoms with Crippen LogP contribution in [0.5, 0.6) is 0 Å². The number of hydrogen-bond acceptors (Lipinski definition) is 5. The summed E-state index contributed by atoms with van der Waals surface area (Å²) in [5.41, 5.74) is 1.36. The first-order valence-corrected chi connectivity index (χ1v) is 12.5. The zero-order chi connectivity index (χ0) is 20.7. The highest BCUT2D eigenvalue weighted by molar-refractivity contribution is 7.88. The molecule has 162 valence electrons. The summed E-state index contributed by atoms with van der Waals surface area (Å²) in [6.45, 7) is 7.76. The van der Waals surface area contributed by atoms with E-state index in [-0.39, 0.29) is 11.8 Å². The minimum Gasteiger partial charge on any atom is -0.356 e. The zero-order valence-electron chi connectivity index (χ0n) is 17.4. The molecule has 0 unspecified atom stereocenters. The fourth-order valence-corrected chi connectivity index (χ4v) is 5.04. The van der Waals surface area contributed by atoms with Crippen molar-refractivity contribution in [3.63, 3.8) is 0 Å². The fourth-order valence-electron chi connectivity index (χ4n) is 4.13. The van der Waals surface area contributed by atoms with Gasteiger partial charge in [-0.25, -0.2) is 12.7 Å². The van der Waals surface area contributed by atoms with Crippen molar-refractivity contribution in [2.24, 2.45) is 5.92 Å². The number of nitrogens with one attached hydrogen (secondary N) is 1. The first-order valence-electron chi connectivity index (χ1n) is 10.6. The van der Waals surface area contributed by atoms with E-state index in [1.54, 1.807) is 0 Å². The van der Waals surface area contributed by atoms with Gasteiger partial charge in [-0.1, -0.05) is 30.3 Å². The van der Waals surface area contributed by atoms with Crippen LogP contribution in [0.2, 0.25) is 0 Å². The van der Waals surface area contributed by atoms with Crippen molar-refractivity contribution < 1.29 is 13.2 Å². The molecule has 2 aliphatic heterocycles. The van der Waals surface area contributed by atoms with E-state index in [1.165, 1.54) is 16.1 Å². The number of carbonyl (C=O) groups excluding carboxylic acids is 1. The van der Waals surface area contributed by atoms with E-state index < -0.39 is 10.0 Å². The van der Waals surface area contributed by atoms with Gasteiger partial charge in [-0.2, -0.15) is 0 Å². The lowest BCUT2D eigenvalue weighted by molar-refractivity contribution is -0.126. The van der Waals surface area contributed by atoms with Crippen LogP contribution in [0.1, 0.15) is 24.8 Å². The molecule has 2 saturated heterocycles. The number of nitrogens with zero attached hydrogens (tertiary/aromatic N) is 3. The predicted octanol–water partition coefficient (Wildman–Crippen LogP) is 0.982. The molecule has 1 aromatic rings. The number of benzene rings is 1. The van der Waals surface area contributed by atoms with Gasteiger partial charge in [-0.15, -0.1) is 0 Å². The summed E-state index contributed by atoms with van der Waals surface area (Å²) in [5.74, 6) is -0.231. The smallest absolute Gasteiger partial charge is 0.224 e. The molecule has 1 N–H and O–H groups in total. The molecule has 2 aliphatic rings. The highest BCUT2D eigenvalue weighted by Crippen LogP contribution is 2.18. The predicted molar refractivity (Wildman–Crippen MR) is 115 cm³/mol. The lowest BCUT2D eigenvalue weighted by atomic mass is 9.99. The molecule has 1 aromatic carbocycles. The van der Waals surface area contributed by atoms with Crippen LogP contribution in [0, 0.1) is 5.92 Å². The Balaban J connectivity index is 1.29. The van der Waals surface area contributed by atoms with Crippen LogP contribution in [0.15, 0.2) is 30.3 Å². The normalized spacial score (nSPS) is 22.4. The third-order valence-corrected chi connectivity index (χ3v) is 7.16. The van der Waals surface area contributed by atoms with Crippen LogP contribution in [0.4, 0.5) is 0 Å². The molecule has 0 saturated carbocycles. The van der Waals surface area contributed by atoms with Crippen LogP contribution < -0.4 is 5.32 Å². The van der Waals surface area contributed by atoms with E-state index in [9.17, 15) is 13.2 Å². The van der Waals surface area contributed by atoms with E-state index in [1.807, 2.05) is 0 Å². The standard InChI is InChI=1S/C21H34N4O3S/c1-29(27,28)25-12-5-9-20(18-25)21(26)22-10-6-11-23-13-15-24(16-14-23)17-19-7-3-2-4-8-19/h2-4,7-8,20H,5-6,9-18H2,1H3,(H,22,26)/t20-/m1/s1. The van der Waals surface area contributed by atoms with Gasteiger partial charge in [-0.05, 0) is 31.4 Å². The first-order chi connectivity index (χ1) is 13.9. The molecule has 3 rings (SSSR count). The molecule has 0 aliphatic carbocycles. The summed E-state index contributed by atoms with van der Waals surface area (Å²) in [6, 6.07) is 10.6. The Hall–Kier alpha value is -1.48. The second-order valence-electron chi connectivity index (χ2n) is 8.21. The quantitative estimate of drug-likeness (QED) is 0.633. The zero-order valence-corrected chi connectivity index (χ0v) is 18.2. The van der Waals surface area contributed by atoms with E-state index in [0.29, 0.717) is 19.6 Å². The van der Waals surface area contributed by atoms with Gasteiger partial charge >= 0.3 is 0 Å². The van der Waals surface area contributed by atoms with Gasteiger partial charge in [0.15, 0.2) is 0 Å². The van der Waals surface area contributed by atoms with Crippen molar-refractivity contribution in [3.8, 4) is 0 Å². The van der Waals surface area contributed by atoms with Crippen LogP contribution >= 0.6 is 0 Å². The van der Waals surface area contributed by atoms with Crippen molar-refractivity contribution in [3.05, 3.63) is 35.9 Å². The first kappa shape index (κ1) is 22.2. The summed E-state index contributed by atoms with van der Waals surface area (Å²) in [7, 11) is -3.21. The van der Waals surface area contributed by atoms with Gasteiger partial charge in [0.1, 0.15) is 0 Å². The lowest BCUT2D eigenvalue weighted by Gasteiger charge is -2.34. The molecule has 1 amide bonds. The molecule has 7 nitrogen and oxygen atoms in total. The van der Waals surface area contributed by atoms with E-state index in [2.05, 4.69) is 45.4 Å². The maximum atomic E-state index is 12.4. The molecular weight excluding hydrogens is 388 g/mol. The Morgan fingerprint density at radius 2 is 1.76 bits per heavy atom. The molecule has 29 heavy (non-hydrogen) atoms. The van der Waals surface area contributed by atoms with Crippen molar-refractivity contribution in [2.45, 2.75) is 25.8 Å². The van der Waals surface area contributed by atoms with Crippen LogP contribution in [0.3, 0.4) is 0 Å². The van der Waals surface area contributed by atoms with E-state index in [0.717, 1.165) is 58.5 Å². The van der Waals surface area contributed by atoms with Gasteiger partial charge in [-0.3, -0.25) is 9.69 Å². The highest BCUT2D eigenvalue weighted by atomic mass is 32.2. The molecule has 0 radical (unpaired) electrons. The number of hydrogen-bond donors (Lipinski definition) is 1. The Morgan fingerprint density at radius 1 is 1.07 bits per heavy atom. The summed E-state index contributed by atoms with van der Waals surface area (Å²) in [4.78, 5) is 17.3. The number of sulfonamides is 1. The van der Waals surface area contributed by atoms with Gasteiger partial charge in [0.25, 0.3) is 0 Å². The topological polar surface area (TPSA) is 73.0 Å². The summed E-state index contributed by atoms with van der Waals surface area (Å²) < 4.78 is 24.8. The summed E-state index contributed by atoms with van der Waals surface area (Å²) in [6.07, 6.45) is 3.65. The molecule has 1 atom stereocenters. The monoisotopic (exact) mass is 422 g/mol. The highest BCUT2D eigenvalue weighted by Gasteiger charge is 2.29. The Bertz CT molecular complexity index is 748. The molecule has 0 spiro atoms. The average molecular weight is 423 g/mol. The van der Waals surface area contributed by atoms with Crippen molar-refractivity contribution in [1.29, 1.82) is 0 Å². The van der Waals surface area contributed by atoms with Gasteiger partial charge in [0.2, 0.25) is 15.9 Å². The second kappa shape index (κ2) is 10.5. The van der Waals surface area contributed by atoms with E-state index in [4.69, 9.17) is 0 Å². The Morgan fingerprint density at radius 3 is 2.45 bits per heavy atom. The second-order valence-corrected chi connectivity index (χ2v) is 10.2. The number of piperidine rings is 1. The third kappa shape index (κ3) is 7.06. The van der Waals surface area contributed by atoms with Gasteiger partial charge in [0, 0.05) is 52.4 Å². The number of rotatable bonds is 8. The lowest BCUT2D eigenvalue weighted by Crippen LogP contribution is -2.47. The van der Waals surface area contributed by atoms with Gasteiger partial charge in [0.05, 0.1) is 12.2 Å². The summed E-state index contributed by atoms with van der Waals surface area (Å²) >= 11 is 0. The maximum absolute atomic E-state index is 12.4. The Kier molecular flexibility index (Phi) is 8.06. The van der Waals surface area contributed by atoms with Crippen LogP contribution in [-0.4, -0.2) is 87.0 Å². The minimum atomic E-state index is -3.21. The molecule has 8 heteroatoms. The largest absolute Gasteiger partial charge is 0.356 e. The number of amides is 1. The number of piperazine rings is 1. The SMILES string of the molecule is CS(=O)(=O)N1CCC[C@@H](C(=O)NCCCN2CCN(Cc3ccccc3)CC2)C1. The summed E-state index contributed by atoms with van der Waals surface area (Å²) in [5, 5.41) is 3.01. The fraction of sp³-hybridized carbons (Fsp3) is 0.667. The molecule has 2 heterocycles. The molecule has 0 bridgehead atoms. The van der Waals surface area contributed by atoms with Crippen LogP contribution in [-0.2, 0) is 21.4 Å². The van der Waals surface area contributed by atoms with Crippen molar-refractivity contribution in [2.75, 3.05) is 58.6 Å². The third-order valence-electron chi connectivity index (χ3n) is 5.89. The maximum Gasteiger partial charge on any atom is 0.224 e. The molecular formula is C21H34N4O3S. The molecule has 0 aromatic heterocycles. The van der Waals surface area contributed by atoms with Gasteiger partial charge < -0.3 is 10.2 Å². The van der Waals surface area contributed by atoms with Crippen LogP contribution in [0.25, 0.3) is 0 Å². The van der Waals surface area contributed by atoms with Crippen molar-refractivity contribution in [1.82, 2.24) is 19.4 Å².